The number of nitrogens with zero attached hydrogens (tertiary/aromatic N) is 3. The second kappa shape index (κ2) is 14.5. The molecule has 3 atom stereocenters. The highest BCUT2D eigenvalue weighted by Gasteiger charge is 2.49. The molecule has 6 heteroatoms. The van der Waals surface area contributed by atoms with E-state index in [4.69, 9.17) is 22.2 Å². The van der Waals surface area contributed by atoms with Gasteiger partial charge in [-0.3, -0.25) is 9.88 Å². The first-order valence-corrected chi connectivity index (χ1v) is 14.8. The zero-order valence-corrected chi connectivity index (χ0v) is 24.7. The van der Waals surface area contributed by atoms with E-state index in [1.54, 1.807) is 0 Å². The number of fused-ring (bicyclic) bond motifs is 1. The fraction of sp³-hybridized carbons (Fsp3) is 0.189. The van der Waals surface area contributed by atoms with E-state index in [-0.39, 0.29) is 0 Å². The number of rotatable bonds is 12. The fourth-order valence-electron chi connectivity index (χ4n) is 5.37. The molecule has 6 N–H and O–H groups in total. The SMILES string of the molecule is Cc1cc(C(/C=C(N)/C=C/C=C\CN)=C/C/C=C/C=C\CN)cc(-c2cc(-c3ccccn3)nc(C3C4C=CC[N@]43)c2)c1. The predicted octanol–water partition coefficient (Wildman–Crippen LogP) is 6.17. The lowest BCUT2D eigenvalue weighted by Gasteiger charge is -2.13. The van der Waals surface area contributed by atoms with Crippen LogP contribution in [0.15, 0.2) is 133 Å². The van der Waals surface area contributed by atoms with E-state index in [2.05, 4.69) is 71.4 Å². The minimum atomic E-state index is 0.315. The molecule has 1 fully saturated rings. The summed E-state index contributed by atoms with van der Waals surface area (Å²) in [6.45, 7) is 4.13. The van der Waals surface area contributed by atoms with Crippen LogP contribution in [0.3, 0.4) is 0 Å². The fourth-order valence-corrected chi connectivity index (χ4v) is 5.37. The lowest BCUT2D eigenvalue weighted by atomic mass is 9.94. The maximum Gasteiger partial charge on any atom is 0.0896 e. The van der Waals surface area contributed by atoms with Gasteiger partial charge in [0.15, 0.2) is 0 Å². The molecule has 0 amide bonds. The minimum absolute atomic E-state index is 0.315. The maximum absolute atomic E-state index is 6.44. The first-order valence-electron chi connectivity index (χ1n) is 14.8. The average molecular weight is 569 g/mol. The smallest absolute Gasteiger partial charge is 0.0896 e. The molecule has 0 spiro atoms. The molecule has 2 unspecified atom stereocenters. The summed E-state index contributed by atoms with van der Waals surface area (Å²) >= 11 is 0. The molecule has 6 nitrogen and oxygen atoms in total. The molecule has 0 bridgehead atoms. The van der Waals surface area contributed by atoms with Crippen LogP contribution in [-0.2, 0) is 0 Å². The van der Waals surface area contributed by atoms with Gasteiger partial charge in [0.05, 0.1) is 29.2 Å². The molecule has 5 rings (SSSR count). The van der Waals surface area contributed by atoms with Gasteiger partial charge in [0, 0.05) is 31.5 Å². The standard InChI is InChI=1S/C37H40N6/c1-27-21-29(28(13-6-3-2-4-9-17-38)24-32(40)14-7-5-10-18-39)23-30(22-27)31-25-34(33-15-8-11-19-41-33)42-35(26-31)37-36-16-12-20-43(36)37/h2-5,7-16,19,21-26,36-37H,6,17-18,20,38-40H2,1H3/b3-2+,9-4-,10-5-,14-7+,28-13+,32-24-/t36?,37?,43-/m1/s1. The van der Waals surface area contributed by atoms with Gasteiger partial charge >= 0.3 is 0 Å². The summed E-state index contributed by atoms with van der Waals surface area (Å²) in [6, 6.07) is 17.8. The number of hydrogen-bond acceptors (Lipinski definition) is 6. The lowest BCUT2D eigenvalue weighted by Crippen LogP contribution is -2.00. The third-order valence-corrected chi connectivity index (χ3v) is 7.43. The third-order valence-electron chi connectivity index (χ3n) is 7.43. The highest BCUT2D eigenvalue weighted by atomic mass is 15.4. The second-order valence-corrected chi connectivity index (χ2v) is 10.7. The van der Waals surface area contributed by atoms with Crippen molar-refractivity contribution in [3.8, 4) is 22.5 Å². The number of hydrogen-bond donors (Lipinski definition) is 3. The monoisotopic (exact) mass is 568 g/mol. The van der Waals surface area contributed by atoms with E-state index in [1.165, 1.54) is 5.56 Å². The molecule has 3 aromatic rings. The van der Waals surface area contributed by atoms with Crippen molar-refractivity contribution in [2.75, 3.05) is 19.6 Å². The highest BCUT2D eigenvalue weighted by molar-refractivity contribution is 5.80. The predicted molar refractivity (Wildman–Crippen MR) is 180 cm³/mol. The van der Waals surface area contributed by atoms with Crippen LogP contribution >= 0.6 is 0 Å². The van der Waals surface area contributed by atoms with Crippen LogP contribution in [0.25, 0.3) is 28.1 Å². The van der Waals surface area contributed by atoms with E-state index in [0.717, 1.165) is 52.3 Å². The molecule has 1 saturated heterocycles. The molecular weight excluding hydrogens is 528 g/mol. The van der Waals surface area contributed by atoms with E-state index in [1.807, 2.05) is 73.0 Å². The van der Waals surface area contributed by atoms with Crippen LogP contribution in [0.1, 0.15) is 29.3 Å². The molecule has 2 aliphatic rings. The quantitative estimate of drug-likeness (QED) is 0.137. The molecule has 4 heterocycles. The molecule has 0 saturated carbocycles. The summed E-state index contributed by atoms with van der Waals surface area (Å²) in [6.07, 6.45) is 26.9. The molecule has 1 aromatic carbocycles. The Morgan fingerprint density at radius 3 is 2.47 bits per heavy atom. The largest absolute Gasteiger partial charge is 0.399 e. The lowest BCUT2D eigenvalue weighted by molar-refractivity contribution is 0.567. The van der Waals surface area contributed by atoms with Gasteiger partial charge in [-0.1, -0.05) is 79.0 Å². The Bertz CT molecular complexity index is 1620. The van der Waals surface area contributed by atoms with Gasteiger partial charge < -0.3 is 17.2 Å². The van der Waals surface area contributed by atoms with E-state index < -0.39 is 0 Å². The van der Waals surface area contributed by atoms with Crippen molar-refractivity contribution in [3.63, 3.8) is 0 Å². The summed E-state index contributed by atoms with van der Waals surface area (Å²) in [5.74, 6) is 0. The van der Waals surface area contributed by atoms with Gasteiger partial charge in [-0.15, -0.1) is 0 Å². The van der Waals surface area contributed by atoms with Crippen molar-refractivity contribution in [2.45, 2.75) is 25.4 Å². The van der Waals surface area contributed by atoms with Crippen LogP contribution in [0, 0.1) is 6.92 Å². The van der Waals surface area contributed by atoms with Crippen molar-refractivity contribution >= 4 is 5.57 Å². The number of pyridine rings is 2. The van der Waals surface area contributed by atoms with Crippen LogP contribution < -0.4 is 17.2 Å². The number of nitrogens with two attached hydrogens (primary N) is 3. The summed E-state index contributed by atoms with van der Waals surface area (Å²) < 4.78 is 0. The molecule has 2 aliphatic heterocycles. The Hall–Kier alpha value is -4.62. The van der Waals surface area contributed by atoms with Crippen molar-refractivity contribution in [1.82, 2.24) is 14.9 Å². The van der Waals surface area contributed by atoms with Crippen LogP contribution in [0.2, 0.25) is 0 Å². The van der Waals surface area contributed by atoms with Crippen molar-refractivity contribution in [2.24, 2.45) is 17.2 Å². The number of aryl methyl sites for hydroxylation is 1. The van der Waals surface area contributed by atoms with Crippen molar-refractivity contribution in [1.29, 1.82) is 0 Å². The summed E-state index contributed by atoms with van der Waals surface area (Å²) in [5, 5.41) is 0. The first kappa shape index (κ1) is 29.9. The molecule has 2 aromatic heterocycles. The topological polar surface area (TPSA) is 107 Å². The van der Waals surface area contributed by atoms with Gasteiger partial charge in [0.1, 0.15) is 0 Å². The van der Waals surface area contributed by atoms with Crippen LogP contribution in [0.4, 0.5) is 0 Å². The normalized spacial score (nSPS) is 20.3. The average Bonchev–Trinajstić information content (AvgIpc) is 3.51. The molecule has 218 valence electrons. The Morgan fingerprint density at radius 2 is 1.72 bits per heavy atom. The number of benzene rings is 1. The van der Waals surface area contributed by atoms with Crippen LogP contribution in [0.5, 0.6) is 0 Å². The van der Waals surface area contributed by atoms with Gasteiger partial charge in [-0.2, -0.15) is 0 Å². The second-order valence-electron chi connectivity index (χ2n) is 10.7. The molecule has 43 heavy (non-hydrogen) atoms. The molecule has 0 aliphatic carbocycles. The molecule has 0 radical (unpaired) electrons. The minimum Gasteiger partial charge on any atom is -0.399 e. The zero-order valence-electron chi connectivity index (χ0n) is 24.7. The van der Waals surface area contributed by atoms with E-state index in [9.17, 15) is 0 Å². The van der Waals surface area contributed by atoms with E-state index >= 15 is 0 Å². The van der Waals surface area contributed by atoms with Gasteiger partial charge in [-0.25, -0.2) is 4.98 Å². The number of aromatic nitrogens is 2. The van der Waals surface area contributed by atoms with Crippen molar-refractivity contribution in [3.05, 3.63) is 150 Å². The summed E-state index contributed by atoms with van der Waals surface area (Å²) in [5.41, 5.74) is 26.7. The summed E-state index contributed by atoms with van der Waals surface area (Å²) in [4.78, 5) is 12.2. The Labute approximate surface area is 255 Å². The Kier molecular flexibility index (Phi) is 10.1. The van der Waals surface area contributed by atoms with Gasteiger partial charge in [0.25, 0.3) is 0 Å². The van der Waals surface area contributed by atoms with Gasteiger partial charge in [-0.05, 0) is 83.7 Å². The van der Waals surface area contributed by atoms with E-state index in [0.29, 0.717) is 30.9 Å². The summed E-state index contributed by atoms with van der Waals surface area (Å²) in [7, 11) is 0. The van der Waals surface area contributed by atoms with Crippen molar-refractivity contribution < 1.29 is 0 Å². The first-order chi connectivity index (χ1) is 21.1. The number of allylic oxidation sites excluding steroid dienone is 9. The van der Waals surface area contributed by atoms with Gasteiger partial charge in [0.2, 0.25) is 0 Å². The highest BCUT2D eigenvalue weighted by Crippen LogP contribution is 2.47. The van der Waals surface area contributed by atoms with Crippen LogP contribution in [-0.4, -0.2) is 40.5 Å². The zero-order chi connectivity index (χ0) is 30.0. The third kappa shape index (κ3) is 7.81. The Balaban J connectivity index is 1.54. The maximum atomic E-state index is 6.44. The Morgan fingerprint density at radius 1 is 0.930 bits per heavy atom. The molecular formula is C37H40N6.